The van der Waals surface area contributed by atoms with Crippen LogP contribution in [0.15, 0.2) is 35.7 Å². The number of hydrogen-bond acceptors (Lipinski definition) is 4. The average Bonchev–Trinajstić information content (AvgIpc) is 3.14. The van der Waals surface area contributed by atoms with E-state index in [2.05, 4.69) is 33.3 Å². The maximum Gasteiger partial charge on any atom is 0.237 e. The number of para-hydroxylation sites is 1. The third kappa shape index (κ3) is 2.55. The van der Waals surface area contributed by atoms with Gasteiger partial charge in [0.05, 0.1) is 5.75 Å². The van der Waals surface area contributed by atoms with Crippen LogP contribution in [0.4, 0.5) is 5.69 Å². The number of thioether (sulfide) groups is 1. The molecule has 0 saturated heterocycles. The minimum absolute atomic E-state index is 0.180. The summed E-state index contributed by atoms with van der Waals surface area (Å²) < 4.78 is 1.85. The van der Waals surface area contributed by atoms with Crippen LogP contribution in [0.3, 0.4) is 0 Å². The zero-order valence-electron chi connectivity index (χ0n) is 13.2. The molecule has 1 amide bonds. The molecule has 2 aliphatic rings. The number of fused-ring (bicyclic) bond motifs is 3. The predicted molar refractivity (Wildman–Crippen MR) is 90.7 cm³/mol. The molecule has 4 rings (SSSR count). The number of amides is 1. The van der Waals surface area contributed by atoms with E-state index in [0.29, 0.717) is 17.7 Å². The first kappa shape index (κ1) is 14.8. The fourth-order valence-electron chi connectivity index (χ4n) is 3.90. The summed E-state index contributed by atoms with van der Waals surface area (Å²) in [5, 5.41) is 8.69. The number of aryl methyl sites for hydroxylation is 1. The normalized spacial score (nSPS) is 22.7. The summed E-state index contributed by atoms with van der Waals surface area (Å²) in [4.78, 5) is 15.0. The lowest BCUT2D eigenvalue weighted by atomic mass is 9.82. The molecule has 1 saturated carbocycles. The molecule has 5 nitrogen and oxygen atoms in total. The number of nitrogens with zero attached hydrogens (tertiary/aromatic N) is 4. The van der Waals surface area contributed by atoms with Gasteiger partial charge in [-0.25, -0.2) is 0 Å². The van der Waals surface area contributed by atoms with Crippen LogP contribution in [-0.2, 0) is 11.8 Å². The quantitative estimate of drug-likeness (QED) is 0.813. The van der Waals surface area contributed by atoms with Crippen molar-refractivity contribution in [3.05, 3.63) is 36.2 Å². The third-order valence-electron chi connectivity index (χ3n) is 4.92. The van der Waals surface area contributed by atoms with E-state index >= 15 is 0 Å². The molecule has 0 spiro atoms. The minimum atomic E-state index is 0.180. The van der Waals surface area contributed by atoms with Crippen molar-refractivity contribution in [2.75, 3.05) is 10.7 Å². The van der Waals surface area contributed by atoms with Crippen LogP contribution in [0.1, 0.15) is 37.2 Å². The van der Waals surface area contributed by atoms with Gasteiger partial charge in [0.1, 0.15) is 6.33 Å². The molecule has 2 heterocycles. The van der Waals surface area contributed by atoms with Gasteiger partial charge < -0.3 is 9.47 Å². The highest BCUT2D eigenvalue weighted by molar-refractivity contribution is 7.99. The summed E-state index contributed by atoms with van der Waals surface area (Å²) in [5.41, 5.74) is 2.47. The van der Waals surface area contributed by atoms with Gasteiger partial charge >= 0.3 is 0 Å². The Morgan fingerprint density at radius 1 is 1.30 bits per heavy atom. The minimum Gasteiger partial charge on any atom is -0.312 e. The van der Waals surface area contributed by atoms with Gasteiger partial charge in [-0.3, -0.25) is 4.79 Å². The van der Waals surface area contributed by atoms with Gasteiger partial charge in [-0.2, -0.15) is 0 Å². The Hall–Kier alpha value is -1.82. The molecule has 23 heavy (non-hydrogen) atoms. The van der Waals surface area contributed by atoms with Crippen molar-refractivity contribution >= 4 is 23.4 Å². The largest absolute Gasteiger partial charge is 0.312 e. The molecular formula is C17H20N4OS. The number of benzene rings is 1. The van der Waals surface area contributed by atoms with Crippen LogP contribution in [0.5, 0.6) is 0 Å². The number of anilines is 1. The molecule has 2 atom stereocenters. The molecular weight excluding hydrogens is 308 g/mol. The maximum atomic E-state index is 12.9. The van der Waals surface area contributed by atoms with E-state index < -0.39 is 0 Å². The Morgan fingerprint density at radius 2 is 2.13 bits per heavy atom. The van der Waals surface area contributed by atoms with Gasteiger partial charge in [-0.15, -0.1) is 10.2 Å². The summed E-state index contributed by atoms with van der Waals surface area (Å²) in [6.45, 7) is 0. The van der Waals surface area contributed by atoms with Gasteiger partial charge in [0.2, 0.25) is 5.91 Å². The van der Waals surface area contributed by atoms with E-state index in [1.165, 1.54) is 36.6 Å². The number of aromatic nitrogens is 3. The Bertz CT molecular complexity index is 729. The van der Waals surface area contributed by atoms with Crippen LogP contribution in [0.2, 0.25) is 0 Å². The predicted octanol–water partition coefficient (Wildman–Crippen LogP) is 2.98. The second-order valence-corrected chi connectivity index (χ2v) is 7.24. The fraction of sp³-hybridized carbons (Fsp3) is 0.471. The highest BCUT2D eigenvalue weighted by Gasteiger charge is 2.42. The van der Waals surface area contributed by atoms with Crippen molar-refractivity contribution in [1.29, 1.82) is 0 Å². The lowest BCUT2D eigenvalue weighted by Crippen LogP contribution is -2.41. The fourth-order valence-corrected chi connectivity index (χ4v) is 4.65. The summed E-state index contributed by atoms with van der Waals surface area (Å²) in [6, 6.07) is 8.76. The van der Waals surface area contributed by atoms with Crippen molar-refractivity contribution in [3.63, 3.8) is 0 Å². The first-order valence-electron chi connectivity index (χ1n) is 8.13. The van der Waals surface area contributed by atoms with Crippen LogP contribution < -0.4 is 4.90 Å². The Balaban J connectivity index is 1.57. The second kappa shape index (κ2) is 6.00. The van der Waals surface area contributed by atoms with E-state index in [0.717, 1.165) is 17.3 Å². The zero-order chi connectivity index (χ0) is 15.8. The lowest BCUT2D eigenvalue weighted by Gasteiger charge is -2.32. The van der Waals surface area contributed by atoms with Crippen molar-refractivity contribution < 1.29 is 4.79 Å². The molecule has 6 heteroatoms. The van der Waals surface area contributed by atoms with E-state index in [1.807, 2.05) is 17.7 Å². The second-order valence-electron chi connectivity index (χ2n) is 6.29. The van der Waals surface area contributed by atoms with Gasteiger partial charge in [-0.05, 0) is 24.5 Å². The molecule has 1 fully saturated rings. The number of carbonyl (C=O) groups is 1. The topological polar surface area (TPSA) is 51.0 Å². The maximum absolute atomic E-state index is 12.9. The van der Waals surface area contributed by atoms with Crippen LogP contribution in [-0.4, -0.2) is 32.5 Å². The van der Waals surface area contributed by atoms with E-state index in [9.17, 15) is 4.79 Å². The van der Waals surface area contributed by atoms with Crippen molar-refractivity contribution in [2.24, 2.45) is 7.05 Å². The Labute approximate surface area is 140 Å². The smallest absolute Gasteiger partial charge is 0.237 e. The highest BCUT2D eigenvalue weighted by atomic mass is 32.2. The Kier molecular flexibility index (Phi) is 3.85. The summed E-state index contributed by atoms with van der Waals surface area (Å²) in [7, 11) is 1.90. The molecule has 120 valence electrons. The van der Waals surface area contributed by atoms with Gasteiger partial charge in [0.25, 0.3) is 0 Å². The lowest BCUT2D eigenvalue weighted by molar-refractivity contribution is -0.116. The van der Waals surface area contributed by atoms with Crippen molar-refractivity contribution in [1.82, 2.24) is 14.8 Å². The molecule has 2 aromatic rings. The first-order valence-corrected chi connectivity index (χ1v) is 9.12. The molecule has 1 aromatic heterocycles. The number of rotatable bonds is 3. The molecule has 1 aliphatic heterocycles. The average molecular weight is 328 g/mol. The van der Waals surface area contributed by atoms with Crippen LogP contribution in [0.25, 0.3) is 0 Å². The standard InChI is InChI=1S/C17H20N4OS/c1-20-11-18-19-17(20)23-10-16(22)21-14-8-4-2-6-12(14)13-7-3-5-9-15(13)21/h2,4,6,8,11,13,15H,3,5,7,9-10H2,1H3/t13-,15+/m1/s1. The van der Waals surface area contributed by atoms with Crippen LogP contribution in [0, 0.1) is 0 Å². The summed E-state index contributed by atoms with van der Waals surface area (Å²) >= 11 is 1.46. The summed E-state index contributed by atoms with van der Waals surface area (Å²) in [6.07, 6.45) is 6.46. The third-order valence-corrected chi connectivity index (χ3v) is 5.94. The molecule has 0 N–H and O–H groups in total. The molecule has 1 aliphatic carbocycles. The number of carbonyl (C=O) groups excluding carboxylic acids is 1. The monoisotopic (exact) mass is 328 g/mol. The molecule has 0 bridgehead atoms. The van der Waals surface area contributed by atoms with Gasteiger partial charge in [0, 0.05) is 24.7 Å². The van der Waals surface area contributed by atoms with E-state index in [-0.39, 0.29) is 5.91 Å². The van der Waals surface area contributed by atoms with Gasteiger partial charge in [0.15, 0.2) is 5.16 Å². The van der Waals surface area contributed by atoms with Crippen molar-refractivity contribution in [3.8, 4) is 0 Å². The van der Waals surface area contributed by atoms with Crippen LogP contribution >= 0.6 is 11.8 Å². The SMILES string of the molecule is Cn1cnnc1SCC(=O)N1c2ccccc2[C@H]2CCCC[C@@H]21. The summed E-state index contributed by atoms with van der Waals surface area (Å²) in [5.74, 6) is 1.10. The van der Waals surface area contributed by atoms with Gasteiger partial charge in [-0.1, -0.05) is 42.8 Å². The van der Waals surface area contributed by atoms with E-state index in [1.54, 1.807) is 6.33 Å². The van der Waals surface area contributed by atoms with Crippen molar-refractivity contribution in [2.45, 2.75) is 42.8 Å². The molecule has 0 unspecified atom stereocenters. The van der Waals surface area contributed by atoms with E-state index in [4.69, 9.17) is 0 Å². The number of hydrogen-bond donors (Lipinski definition) is 0. The molecule has 1 aromatic carbocycles. The molecule has 0 radical (unpaired) electrons. The first-order chi connectivity index (χ1) is 11.3. The zero-order valence-corrected chi connectivity index (χ0v) is 14.0. The Morgan fingerprint density at radius 3 is 2.96 bits per heavy atom. The highest BCUT2D eigenvalue weighted by Crippen LogP contribution is 2.47.